The molecule has 0 unspecified atom stereocenters. The molecule has 1 N–H and O–H groups in total. The number of rotatable bonds is 5. The highest BCUT2D eigenvalue weighted by atomic mass is 32.2. The average Bonchev–Trinajstić information content (AvgIpc) is 2.62. The minimum absolute atomic E-state index is 0.167. The van der Waals surface area contributed by atoms with E-state index in [-0.39, 0.29) is 17.3 Å². The van der Waals surface area contributed by atoms with Gasteiger partial charge >= 0.3 is 0 Å². The summed E-state index contributed by atoms with van der Waals surface area (Å²) in [6.45, 7) is 6.66. The zero-order valence-corrected chi connectivity index (χ0v) is 16.5. The molecule has 2 atom stereocenters. The Morgan fingerprint density at radius 2 is 1.69 bits per heavy atom. The molecule has 0 aliphatic heterocycles. The van der Waals surface area contributed by atoms with E-state index in [0.717, 1.165) is 18.5 Å². The van der Waals surface area contributed by atoms with Gasteiger partial charge in [-0.25, -0.2) is 0 Å². The number of ketones is 1. The number of carbonyl (C=O) groups excluding carboxylic acids is 1. The van der Waals surface area contributed by atoms with Gasteiger partial charge in [-0.3, -0.25) is 15.1 Å². The molecule has 0 amide bonds. The van der Waals surface area contributed by atoms with Crippen LogP contribution in [-0.4, -0.2) is 17.1 Å². The zero-order valence-electron chi connectivity index (χ0n) is 15.7. The quantitative estimate of drug-likeness (QED) is 0.695. The molecule has 4 heteroatoms. The number of benzene rings is 2. The molecule has 26 heavy (non-hydrogen) atoms. The van der Waals surface area contributed by atoms with Gasteiger partial charge in [0.15, 0.2) is 5.78 Å². The van der Waals surface area contributed by atoms with Crippen LogP contribution in [0.15, 0.2) is 59.5 Å². The normalized spacial score (nSPS) is 20.8. The molecule has 0 spiro atoms. The van der Waals surface area contributed by atoms with Crippen molar-refractivity contribution in [2.24, 2.45) is 0 Å². The number of thioether (sulfide) groups is 1. The van der Waals surface area contributed by atoms with Gasteiger partial charge in [0.25, 0.3) is 0 Å². The van der Waals surface area contributed by atoms with Gasteiger partial charge < -0.3 is 0 Å². The molecule has 3 rings (SSSR count). The van der Waals surface area contributed by atoms with E-state index < -0.39 is 0 Å². The third-order valence-electron chi connectivity index (χ3n) is 4.65. The molecule has 1 aliphatic carbocycles. The van der Waals surface area contributed by atoms with E-state index in [4.69, 9.17) is 4.84 Å². The lowest BCUT2D eigenvalue weighted by Gasteiger charge is -2.27. The molecule has 1 aliphatic rings. The van der Waals surface area contributed by atoms with E-state index in [0.29, 0.717) is 11.7 Å². The summed E-state index contributed by atoms with van der Waals surface area (Å²) in [6.07, 6.45) is 1.96. The highest BCUT2D eigenvalue weighted by Crippen LogP contribution is 2.34. The maximum Gasteiger partial charge on any atom is 0.165 e. The third kappa shape index (κ3) is 5.12. The van der Waals surface area contributed by atoms with Gasteiger partial charge in [-0.1, -0.05) is 51.1 Å². The highest BCUT2D eigenvalue weighted by molar-refractivity contribution is 8.00. The fourth-order valence-corrected chi connectivity index (χ4v) is 4.23. The van der Waals surface area contributed by atoms with Crippen molar-refractivity contribution in [3.63, 3.8) is 0 Å². The Bertz CT molecular complexity index is 722. The van der Waals surface area contributed by atoms with Gasteiger partial charge in [0.2, 0.25) is 0 Å². The summed E-state index contributed by atoms with van der Waals surface area (Å²) in [6, 6.07) is 18.4. The standard InChI is InChI=1S/C22H27NO2S/c1-22(2,3)16-9-11-18(12-10-16)26-19-13-14-21(20(24)15-19)25-23-17-7-5-4-6-8-17/h4-12,19,21,23H,13-15H2,1-3H3/t19-,21-/m1/s1. The van der Waals surface area contributed by atoms with Crippen LogP contribution in [0.1, 0.15) is 45.6 Å². The van der Waals surface area contributed by atoms with Crippen LogP contribution in [0.4, 0.5) is 5.69 Å². The van der Waals surface area contributed by atoms with E-state index in [1.807, 2.05) is 42.1 Å². The van der Waals surface area contributed by atoms with Gasteiger partial charge in [-0.05, 0) is 48.1 Å². The molecule has 138 valence electrons. The summed E-state index contributed by atoms with van der Waals surface area (Å²) in [4.78, 5) is 19.3. The molecular weight excluding hydrogens is 342 g/mol. The minimum atomic E-state index is -0.352. The lowest BCUT2D eigenvalue weighted by Crippen LogP contribution is -2.34. The Balaban J connectivity index is 1.50. The Labute approximate surface area is 160 Å². The van der Waals surface area contributed by atoms with Crippen LogP contribution in [0.3, 0.4) is 0 Å². The fraction of sp³-hybridized carbons (Fsp3) is 0.409. The highest BCUT2D eigenvalue weighted by Gasteiger charge is 2.30. The molecule has 0 saturated heterocycles. The topological polar surface area (TPSA) is 38.3 Å². The summed E-state index contributed by atoms with van der Waals surface area (Å²) >= 11 is 1.81. The SMILES string of the molecule is CC(C)(C)c1ccc(S[C@@H]2CC[C@@H](ONc3ccccc3)C(=O)C2)cc1. The summed E-state index contributed by atoms with van der Waals surface area (Å²) in [7, 11) is 0. The van der Waals surface area contributed by atoms with Gasteiger partial charge in [-0.15, -0.1) is 11.8 Å². The summed E-state index contributed by atoms with van der Waals surface area (Å²) in [5.74, 6) is 0.184. The first-order valence-electron chi connectivity index (χ1n) is 9.18. The van der Waals surface area contributed by atoms with Crippen molar-refractivity contribution in [1.29, 1.82) is 0 Å². The third-order valence-corrected chi connectivity index (χ3v) is 5.93. The van der Waals surface area contributed by atoms with Crippen molar-refractivity contribution in [3.05, 3.63) is 60.2 Å². The largest absolute Gasteiger partial charge is 0.297 e. The summed E-state index contributed by atoms with van der Waals surface area (Å²) < 4.78 is 0. The van der Waals surface area contributed by atoms with Crippen LogP contribution >= 0.6 is 11.8 Å². The van der Waals surface area contributed by atoms with Gasteiger partial charge in [0, 0.05) is 16.6 Å². The first-order chi connectivity index (χ1) is 12.4. The number of anilines is 1. The number of nitrogens with one attached hydrogen (secondary N) is 1. The second-order valence-electron chi connectivity index (χ2n) is 7.84. The van der Waals surface area contributed by atoms with Crippen molar-refractivity contribution in [2.45, 2.75) is 61.7 Å². The summed E-state index contributed by atoms with van der Waals surface area (Å²) in [5, 5.41) is 0.333. The van der Waals surface area contributed by atoms with Crippen LogP contribution in [0.25, 0.3) is 0 Å². The molecule has 1 fully saturated rings. The first-order valence-corrected chi connectivity index (χ1v) is 10.1. The van der Waals surface area contributed by atoms with Gasteiger partial charge in [0.1, 0.15) is 6.10 Å². The van der Waals surface area contributed by atoms with Crippen LogP contribution in [-0.2, 0) is 15.0 Å². The fourth-order valence-electron chi connectivity index (χ4n) is 3.05. The van der Waals surface area contributed by atoms with Crippen LogP contribution in [0, 0.1) is 0 Å². The van der Waals surface area contributed by atoms with E-state index in [2.05, 4.69) is 50.5 Å². The Hall–Kier alpha value is -1.78. The Kier molecular flexibility index (Phi) is 6.05. The van der Waals surface area contributed by atoms with Gasteiger partial charge in [0.05, 0.1) is 5.69 Å². The van der Waals surface area contributed by atoms with E-state index in [1.54, 1.807) is 0 Å². The second kappa shape index (κ2) is 8.28. The first kappa shape index (κ1) is 19.0. The van der Waals surface area contributed by atoms with E-state index in [9.17, 15) is 4.79 Å². The molecule has 0 radical (unpaired) electrons. The maximum absolute atomic E-state index is 12.4. The molecule has 0 heterocycles. The van der Waals surface area contributed by atoms with Crippen LogP contribution in [0.2, 0.25) is 0 Å². The number of para-hydroxylation sites is 1. The van der Waals surface area contributed by atoms with Crippen molar-refractivity contribution in [2.75, 3.05) is 5.48 Å². The molecule has 0 bridgehead atoms. The monoisotopic (exact) mass is 369 g/mol. The number of carbonyl (C=O) groups is 1. The maximum atomic E-state index is 12.4. The predicted molar refractivity (Wildman–Crippen MR) is 109 cm³/mol. The summed E-state index contributed by atoms with van der Waals surface area (Å²) in [5.41, 5.74) is 5.28. The predicted octanol–water partition coefficient (Wildman–Crippen LogP) is 5.61. The molecule has 2 aromatic rings. The number of Topliss-reactive ketones (excluding diaryl/α,β-unsaturated/α-hetero) is 1. The molecule has 1 saturated carbocycles. The van der Waals surface area contributed by atoms with E-state index >= 15 is 0 Å². The lowest BCUT2D eigenvalue weighted by molar-refractivity contribution is -0.130. The molecular formula is C22H27NO2S. The van der Waals surface area contributed by atoms with Crippen molar-refractivity contribution in [3.8, 4) is 0 Å². The van der Waals surface area contributed by atoms with Gasteiger partial charge in [-0.2, -0.15) is 0 Å². The van der Waals surface area contributed by atoms with Crippen molar-refractivity contribution >= 4 is 23.2 Å². The molecule has 3 nitrogen and oxygen atoms in total. The smallest absolute Gasteiger partial charge is 0.165 e. The van der Waals surface area contributed by atoms with E-state index in [1.165, 1.54) is 10.5 Å². The number of hydrogen-bond acceptors (Lipinski definition) is 4. The Morgan fingerprint density at radius 3 is 2.31 bits per heavy atom. The van der Waals surface area contributed by atoms with Crippen molar-refractivity contribution in [1.82, 2.24) is 0 Å². The van der Waals surface area contributed by atoms with Crippen molar-refractivity contribution < 1.29 is 9.63 Å². The minimum Gasteiger partial charge on any atom is -0.297 e. The number of hydrogen-bond donors (Lipinski definition) is 1. The molecule has 2 aromatic carbocycles. The lowest BCUT2D eigenvalue weighted by atomic mass is 9.87. The second-order valence-corrected chi connectivity index (χ2v) is 9.21. The Morgan fingerprint density at radius 1 is 1.00 bits per heavy atom. The average molecular weight is 370 g/mol. The van der Waals surface area contributed by atoms with Crippen LogP contribution < -0.4 is 5.48 Å². The van der Waals surface area contributed by atoms with Crippen LogP contribution in [0.5, 0.6) is 0 Å². The molecule has 0 aromatic heterocycles. The zero-order chi connectivity index (χ0) is 18.6.